The van der Waals surface area contributed by atoms with Crippen molar-refractivity contribution in [1.82, 2.24) is 9.80 Å². The number of imide groups is 1. The number of rotatable bonds is 5. The number of aliphatic carboxylic acids is 1. The van der Waals surface area contributed by atoms with E-state index in [2.05, 4.69) is 0 Å². The Morgan fingerprint density at radius 3 is 2.12 bits per heavy atom. The van der Waals surface area contributed by atoms with Gasteiger partial charge in [-0.25, -0.2) is 4.79 Å². The smallest absolute Gasteiger partial charge is 0.328 e. The Kier molecular flexibility index (Phi) is 4.29. The second-order valence-corrected chi connectivity index (χ2v) is 5.53. The average Bonchev–Trinajstić information content (AvgIpc) is 2.81. The molecule has 3 amide bonds. The molecule has 1 atom stereocenters. The molecule has 0 radical (unpaired) electrons. The Morgan fingerprint density at radius 1 is 0.958 bits per heavy atom. The highest BCUT2D eigenvalue weighted by atomic mass is 16.4. The molecule has 2 aromatic carbocycles. The fourth-order valence-electron chi connectivity index (χ4n) is 2.82. The van der Waals surface area contributed by atoms with E-state index >= 15 is 0 Å². The van der Waals surface area contributed by atoms with E-state index in [4.69, 9.17) is 5.11 Å². The summed E-state index contributed by atoms with van der Waals surface area (Å²) < 4.78 is 0. The minimum atomic E-state index is -1.22. The van der Waals surface area contributed by atoms with E-state index in [9.17, 15) is 14.4 Å². The van der Waals surface area contributed by atoms with E-state index in [1.165, 1.54) is 4.90 Å². The first-order valence-electron chi connectivity index (χ1n) is 7.50. The summed E-state index contributed by atoms with van der Waals surface area (Å²) in [6.45, 7) is -0.395. The summed E-state index contributed by atoms with van der Waals surface area (Å²) in [5.74, 6) is -1.73. The van der Waals surface area contributed by atoms with Crippen LogP contribution in [0.1, 0.15) is 17.2 Å². The van der Waals surface area contributed by atoms with Gasteiger partial charge in [0.25, 0.3) is 5.91 Å². The molecule has 0 spiro atoms. The lowest BCUT2D eigenvalue weighted by atomic mass is 10.1. The number of carbonyl (C=O) groups is 3. The van der Waals surface area contributed by atoms with Crippen molar-refractivity contribution in [2.45, 2.75) is 12.6 Å². The van der Waals surface area contributed by atoms with Crippen molar-refractivity contribution in [2.24, 2.45) is 0 Å². The molecule has 1 fully saturated rings. The number of carbonyl (C=O) groups excluding carboxylic acids is 2. The molecular formula is C18H16N2O4. The van der Waals surface area contributed by atoms with Crippen LogP contribution in [0.4, 0.5) is 4.79 Å². The van der Waals surface area contributed by atoms with Crippen LogP contribution in [0.25, 0.3) is 0 Å². The fourth-order valence-corrected chi connectivity index (χ4v) is 2.82. The van der Waals surface area contributed by atoms with E-state index in [-0.39, 0.29) is 6.54 Å². The van der Waals surface area contributed by atoms with E-state index in [0.29, 0.717) is 5.56 Å². The summed E-state index contributed by atoms with van der Waals surface area (Å²) in [5.41, 5.74) is 1.54. The summed E-state index contributed by atoms with van der Waals surface area (Å²) in [7, 11) is 0. The first-order valence-corrected chi connectivity index (χ1v) is 7.50. The molecule has 1 saturated heterocycles. The van der Waals surface area contributed by atoms with Crippen LogP contribution in [0.5, 0.6) is 0 Å². The molecule has 0 saturated carbocycles. The minimum Gasteiger partial charge on any atom is -0.480 e. The van der Waals surface area contributed by atoms with Gasteiger partial charge in [-0.3, -0.25) is 14.5 Å². The molecule has 1 unspecified atom stereocenters. The minimum absolute atomic E-state index is 0.237. The zero-order chi connectivity index (χ0) is 17.1. The highest BCUT2D eigenvalue weighted by molar-refractivity contribution is 6.06. The molecule has 1 N–H and O–H groups in total. The SMILES string of the molecule is O=C(O)CN1C(=O)C(c2ccccc2)N(Cc2ccccc2)C1=O. The van der Waals surface area contributed by atoms with Crippen LogP contribution in [0.2, 0.25) is 0 Å². The highest BCUT2D eigenvalue weighted by Crippen LogP contribution is 2.32. The Morgan fingerprint density at radius 2 is 1.54 bits per heavy atom. The molecule has 122 valence electrons. The Hall–Kier alpha value is -3.15. The third-order valence-corrected chi connectivity index (χ3v) is 3.89. The molecule has 2 aromatic rings. The van der Waals surface area contributed by atoms with Gasteiger partial charge in [-0.05, 0) is 11.1 Å². The maximum absolute atomic E-state index is 12.7. The summed E-state index contributed by atoms with van der Waals surface area (Å²) in [6.07, 6.45) is 0. The quantitative estimate of drug-likeness (QED) is 0.856. The number of carboxylic acid groups (broad SMARTS) is 1. The third kappa shape index (κ3) is 2.99. The van der Waals surface area contributed by atoms with E-state index < -0.39 is 30.5 Å². The molecule has 1 aliphatic rings. The Bertz CT molecular complexity index is 761. The van der Waals surface area contributed by atoms with Crippen LogP contribution in [0.15, 0.2) is 60.7 Å². The fraction of sp³-hybridized carbons (Fsp3) is 0.167. The van der Waals surface area contributed by atoms with Gasteiger partial charge >= 0.3 is 12.0 Å². The molecule has 0 aliphatic carbocycles. The number of benzene rings is 2. The lowest BCUT2D eigenvalue weighted by Crippen LogP contribution is -2.36. The van der Waals surface area contributed by atoms with E-state index in [0.717, 1.165) is 10.5 Å². The van der Waals surface area contributed by atoms with Crippen LogP contribution in [-0.4, -0.2) is 39.4 Å². The molecule has 24 heavy (non-hydrogen) atoms. The first kappa shape index (κ1) is 15.7. The van der Waals surface area contributed by atoms with Gasteiger partial charge in [-0.1, -0.05) is 60.7 Å². The number of amides is 3. The van der Waals surface area contributed by atoms with Crippen molar-refractivity contribution in [3.8, 4) is 0 Å². The lowest BCUT2D eigenvalue weighted by Gasteiger charge is -2.22. The third-order valence-electron chi connectivity index (χ3n) is 3.89. The molecule has 0 aromatic heterocycles. The standard InChI is InChI=1S/C18H16N2O4/c21-15(22)12-20-17(23)16(14-9-5-2-6-10-14)19(18(20)24)11-13-7-3-1-4-8-13/h1-10,16H,11-12H2,(H,21,22). The van der Waals surface area contributed by atoms with Crippen molar-refractivity contribution in [3.63, 3.8) is 0 Å². The predicted octanol–water partition coefficient (Wildman–Crippen LogP) is 2.28. The van der Waals surface area contributed by atoms with Crippen molar-refractivity contribution in [3.05, 3.63) is 71.8 Å². The van der Waals surface area contributed by atoms with Gasteiger partial charge in [0.05, 0.1) is 0 Å². The predicted molar refractivity (Wildman–Crippen MR) is 85.9 cm³/mol. The number of hydrogen-bond acceptors (Lipinski definition) is 3. The Labute approximate surface area is 138 Å². The first-order chi connectivity index (χ1) is 11.6. The summed E-state index contributed by atoms with van der Waals surface area (Å²) in [6, 6.07) is 16.8. The largest absolute Gasteiger partial charge is 0.480 e. The lowest BCUT2D eigenvalue weighted by molar-refractivity contribution is -0.141. The van der Waals surface area contributed by atoms with Gasteiger partial charge in [-0.2, -0.15) is 0 Å². The summed E-state index contributed by atoms with van der Waals surface area (Å²) >= 11 is 0. The molecule has 6 heteroatoms. The molecule has 0 bridgehead atoms. The van der Waals surface area contributed by atoms with Crippen LogP contribution >= 0.6 is 0 Å². The monoisotopic (exact) mass is 324 g/mol. The van der Waals surface area contributed by atoms with Crippen molar-refractivity contribution >= 4 is 17.9 Å². The van der Waals surface area contributed by atoms with E-state index in [1.807, 2.05) is 36.4 Å². The maximum Gasteiger partial charge on any atom is 0.328 e. The topological polar surface area (TPSA) is 77.9 Å². The molecular weight excluding hydrogens is 308 g/mol. The van der Waals surface area contributed by atoms with Crippen molar-refractivity contribution in [1.29, 1.82) is 0 Å². The number of carboxylic acids is 1. The molecule has 3 rings (SSSR count). The molecule has 1 aliphatic heterocycles. The normalized spacial score (nSPS) is 17.4. The second-order valence-electron chi connectivity index (χ2n) is 5.53. The van der Waals surface area contributed by atoms with Crippen LogP contribution in [0.3, 0.4) is 0 Å². The second kappa shape index (κ2) is 6.54. The van der Waals surface area contributed by atoms with Crippen LogP contribution in [-0.2, 0) is 16.1 Å². The number of urea groups is 1. The maximum atomic E-state index is 12.7. The van der Waals surface area contributed by atoms with Crippen LogP contribution < -0.4 is 0 Å². The van der Waals surface area contributed by atoms with Crippen molar-refractivity contribution in [2.75, 3.05) is 6.54 Å². The van der Waals surface area contributed by atoms with Gasteiger partial charge in [-0.15, -0.1) is 0 Å². The average molecular weight is 324 g/mol. The Balaban J connectivity index is 1.96. The van der Waals surface area contributed by atoms with Gasteiger partial charge in [0.1, 0.15) is 12.6 Å². The zero-order valence-corrected chi connectivity index (χ0v) is 12.8. The van der Waals surface area contributed by atoms with Crippen LogP contribution in [0, 0.1) is 0 Å². The zero-order valence-electron chi connectivity index (χ0n) is 12.8. The van der Waals surface area contributed by atoms with Gasteiger partial charge in [0, 0.05) is 6.54 Å². The van der Waals surface area contributed by atoms with E-state index in [1.54, 1.807) is 24.3 Å². The van der Waals surface area contributed by atoms with Crippen molar-refractivity contribution < 1.29 is 19.5 Å². The molecule has 1 heterocycles. The summed E-state index contributed by atoms with van der Waals surface area (Å²) in [5, 5.41) is 8.98. The summed E-state index contributed by atoms with van der Waals surface area (Å²) in [4.78, 5) is 38.5. The van der Waals surface area contributed by atoms with Gasteiger partial charge in [0.15, 0.2) is 0 Å². The number of hydrogen-bond donors (Lipinski definition) is 1. The van der Waals surface area contributed by atoms with Gasteiger partial charge in [0.2, 0.25) is 0 Å². The number of nitrogens with zero attached hydrogens (tertiary/aromatic N) is 2. The molecule has 6 nitrogen and oxygen atoms in total. The van der Waals surface area contributed by atoms with Gasteiger partial charge < -0.3 is 10.0 Å². The highest BCUT2D eigenvalue weighted by Gasteiger charge is 2.46.